The van der Waals surface area contributed by atoms with Gasteiger partial charge in [0.2, 0.25) is 0 Å². The fourth-order valence-corrected chi connectivity index (χ4v) is 1.52. The first kappa shape index (κ1) is 12.0. The van der Waals surface area contributed by atoms with Crippen LogP contribution in [0.4, 0.5) is 0 Å². The molecule has 84 valence electrons. The minimum Gasteiger partial charge on any atom is -0.390 e. The predicted octanol–water partition coefficient (Wildman–Crippen LogP) is 1.36. The molecule has 1 aliphatic rings. The summed E-state index contributed by atoms with van der Waals surface area (Å²) >= 11 is 0. The standard InChI is InChI=1S/C9H15N3O3/c1-4-7-8(6(13)5-11-12-10)15-9(2,3)14-7/h4,6-8,13H,1,5H2,2-3H3/t6-,7-,8+/m0/s1. The summed E-state index contributed by atoms with van der Waals surface area (Å²) in [4.78, 5) is 2.58. The lowest BCUT2D eigenvalue weighted by molar-refractivity contribution is -0.152. The maximum atomic E-state index is 9.70. The highest BCUT2D eigenvalue weighted by Gasteiger charge is 2.42. The monoisotopic (exact) mass is 213 g/mol. The van der Waals surface area contributed by atoms with Crippen molar-refractivity contribution in [3.8, 4) is 0 Å². The van der Waals surface area contributed by atoms with Crippen LogP contribution in [-0.4, -0.2) is 35.8 Å². The van der Waals surface area contributed by atoms with Gasteiger partial charge >= 0.3 is 0 Å². The summed E-state index contributed by atoms with van der Waals surface area (Å²) in [5, 5.41) is 13.0. The quantitative estimate of drug-likeness (QED) is 0.331. The Morgan fingerprint density at radius 2 is 2.33 bits per heavy atom. The second-order valence-corrected chi connectivity index (χ2v) is 3.78. The van der Waals surface area contributed by atoms with Crippen LogP contribution in [0.25, 0.3) is 10.4 Å². The molecule has 0 aromatic rings. The molecule has 0 bridgehead atoms. The third kappa shape index (κ3) is 2.94. The summed E-state index contributed by atoms with van der Waals surface area (Å²) in [6, 6.07) is 0. The molecular formula is C9H15N3O3. The van der Waals surface area contributed by atoms with Crippen LogP contribution in [0.5, 0.6) is 0 Å². The lowest BCUT2D eigenvalue weighted by Crippen LogP contribution is -2.36. The molecule has 0 aliphatic carbocycles. The van der Waals surface area contributed by atoms with Gasteiger partial charge in [0.15, 0.2) is 5.79 Å². The molecule has 0 saturated carbocycles. The molecule has 1 aliphatic heterocycles. The normalized spacial score (nSPS) is 30.6. The zero-order valence-electron chi connectivity index (χ0n) is 8.83. The minimum atomic E-state index is -0.884. The van der Waals surface area contributed by atoms with E-state index in [-0.39, 0.29) is 12.6 Å². The Kier molecular flexibility index (Phi) is 3.71. The van der Waals surface area contributed by atoms with E-state index in [1.807, 2.05) is 0 Å². The van der Waals surface area contributed by atoms with Crippen molar-refractivity contribution in [2.75, 3.05) is 6.54 Å². The van der Waals surface area contributed by atoms with E-state index in [4.69, 9.17) is 15.0 Å². The number of rotatable bonds is 4. The van der Waals surface area contributed by atoms with Crippen molar-refractivity contribution in [2.24, 2.45) is 5.11 Å². The molecule has 6 nitrogen and oxygen atoms in total. The summed E-state index contributed by atoms with van der Waals surface area (Å²) in [7, 11) is 0. The van der Waals surface area contributed by atoms with Crippen molar-refractivity contribution in [3.63, 3.8) is 0 Å². The molecule has 1 saturated heterocycles. The van der Waals surface area contributed by atoms with Crippen molar-refractivity contribution in [3.05, 3.63) is 23.1 Å². The Labute approximate surface area is 88.1 Å². The zero-order chi connectivity index (χ0) is 11.5. The first-order chi connectivity index (χ1) is 7.00. The molecule has 1 N–H and O–H groups in total. The maximum Gasteiger partial charge on any atom is 0.164 e. The Hall–Kier alpha value is -1.07. The molecule has 0 radical (unpaired) electrons. The van der Waals surface area contributed by atoms with E-state index in [0.29, 0.717) is 0 Å². The van der Waals surface area contributed by atoms with E-state index in [9.17, 15) is 5.11 Å². The molecule has 0 aromatic heterocycles. The van der Waals surface area contributed by atoms with Gasteiger partial charge in [-0.2, -0.15) is 0 Å². The molecule has 1 fully saturated rings. The fourth-order valence-electron chi connectivity index (χ4n) is 1.52. The van der Waals surface area contributed by atoms with Crippen molar-refractivity contribution in [1.82, 2.24) is 0 Å². The molecule has 1 heterocycles. The molecule has 0 aromatic carbocycles. The Morgan fingerprint density at radius 1 is 1.67 bits per heavy atom. The van der Waals surface area contributed by atoms with Gasteiger partial charge in [-0.3, -0.25) is 0 Å². The SMILES string of the molecule is C=C[C@@H]1OC(C)(C)O[C@@H]1[C@@H](O)CN=[N+]=[N-]. The second-order valence-electron chi connectivity index (χ2n) is 3.78. The summed E-state index contributed by atoms with van der Waals surface area (Å²) < 4.78 is 11.0. The van der Waals surface area contributed by atoms with Crippen LogP contribution < -0.4 is 0 Å². The number of hydrogen-bond acceptors (Lipinski definition) is 4. The molecule has 0 spiro atoms. The highest BCUT2D eigenvalue weighted by atomic mass is 16.8. The first-order valence-corrected chi connectivity index (χ1v) is 4.67. The number of azide groups is 1. The van der Waals surface area contributed by atoms with Crippen LogP contribution in [0.1, 0.15) is 13.8 Å². The fraction of sp³-hybridized carbons (Fsp3) is 0.778. The number of hydrogen-bond donors (Lipinski definition) is 1. The third-order valence-electron chi connectivity index (χ3n) is 2.11. The highest BCUT2D eigenvalue weighted by molar-refractivity contribution is 4.96. The molecular weight excluding hydrogens is 198 g/mol. The maximum absolute atomic E-state index is 9.70. The van der Waals surface area contributed by atoms with Crippen molar-refractivity contribution >= 4 is 0 Å². The van der Waals surface area contributed by atoms with E-state index in [1.165, 1.54) is 0 Å². The van der Waals surface area contributed by atoms with E-state index >= 15 is 0 Å². The van der Waals surface area contributed by atoms with Gasteiger partial charge < -0.3 is 14.6 Å². The molecule has 6 heteroatoms. The average molecular weight is 213 g/mol. The summed E-state index contributed by atoms with van der Waals surface area (Å²) in [6.45, 7) is 7.07. The van der Waals surface area contributed by atoms with Gasteiger partial charge in [0.05, 0.1) is 12.6 Å². The minimum absolute atomic E-state index is 0.0368. The molecule has 15 heavy (non-hydrogen) atoms. The van der Waals surface area contributed by atoms with E-state index in [1.54, 1.807) is 19.9 Å². The summed E-state index contributed by atoms with van der Waals surface area (Å²) in [5.41, 5.74) is 8.14. The van der Waals surface area contributed by atoms with E-state index in [0.717, 1.165) is 0 Å². The van der Waals surface area contributed by atoms with Crippen molar-refractivity contribution in [2.45, 2.75) is 37.9 Å². The summed E-state index contributed by atoms with van der Waals surface area (Å²) in [6.07, 6.45) is -0.240. The van der Waals surface area contributed by atoms with Gasteiger partial charge in [0.1, 0.15) is 12.2 Å². The van der Waals surface area contributed by atoms with Gasteiger partial charge in [0.25, 0.3) is 0 Å². The number of ether oxygens (including phenoxy) is 2. The van der Waals surface area contributed by atoms with Crippen LogP contribution >= 0.6 is 0 Å². The smallest absolute Gasteiger partial charge is 0.164 e. The van der Waals surface area contributed by atoms with Crippen molar-refractivity contribution < 1.29 is 14.6 Å². The van der Waals surface area contributed by atoms with Gasteiger partial charge in [-0.05, 0) is 19.4 Å². The van der Waals surface area contributed by atoms with Crippen LogP contribution in [-0.2, 0) is 9.47 Å². The molecule has 0 unspecified atom stereocenters. The summed E-state index contributed by atoms with van der Waals surface area (Å²) in [5.74, 6) is -0.749. The molecule has 0 amide bonds. The van der Waals surface area contributed by atoms with Crippen LogP contribution in [0, 0.1) is 0 Å². The van der Waals surface area contributed by atoms with Gasteiger partial charge in [-0.1, -0.05) is 11.2 Å². The number of nitrogens with zero attached hydrogens (tertiary/aromatic N) is 3. The lowest BCUT2D eigenvalue weighted by atomic mass is 10.1. The highest BCUT2D eigenvalue weighted by Crippen LogP contribution is 2.30. The van der Waals surface area contributed by atoms with E-state index in [2.05, 4.69) is 16.6 Å². The van der Waals surface area contributed by atoms with Gasteiger partial charge in [-0.25, -0.2) is 0 Å². The van der Waals surface area contributed by atoms with Gasteiger partial charge in [-0.15, -0.1) is 6.58 Å². The largest absolute Gasteiger partial charge is 0.390 e. The zero-order valence-corrected chi connectivity index (χ0v) is 8.83. The Balaban J connectivity index is 2.67. The topological polar surface area (TPSA) is 87.5 Å². The number of aliphatic hydroxyl groups excluding tert-OH is 1. The number of aliphatic hydroxyl groups is 1. The average Bonchev–Trinajstić information content (AvgIpc) is 2.50. The predicted molar refractivity (Wildman–Crippen MR) is 54.0 cm³/mol. The Morgan fingerprint density at radius 3 is 2.87 bits per heavy atom. The Bertz CT molecular complexity index is 286. The van der Waals surface area contributed by atoms with Crippen LogP contribution in [0.2, 0.25) is 0 Å². The molecule has 3 atom stereocenters. The van der Waals surface area contributed by atoms with Gasteiger partial charge in [0, 0.05) is 4.91 Å². The van der Waals surface area contributed by atoms with Crippen LogP contribution in [0.3, 0.4) is 0 Å². The third-order valence-corrected chi connectivity index (χ3v) is 2.11. The van der Waals surface area contributed by atoms with Crippen LogP contribution in [0.15, 0.2) is 17.8 Å². The van der Waals surface area contributed by atoms with E-state index < -0.39 is 18.0 Å². The van der Waals surface area contributed by atoms with Crippen molar-refractivity contribution in [1.29, 1.82) is 0 Å². The molecule has 1 rings (SSSR count). The lowest BCUT2D eigenvalue weighted by Gasteiger charge is -2.19. The second kappa shape index (κ2) is 4.63. The first-order valence-electron chi connectivity index (χ1n) is 4.67.